The Morgan fingerprint density at radius 3 is 1.78 bits per heavy atom. The molecule has 0 amide bonds. The third-order valence-corrected chi connectivity index (χ3v) is 8.10. The summed E-state index contributed by atoms with van der Waals surface area (Å²) in [7, 11) is 0. The first kappa shape index (κ1) is 37.7. The minimum atomic E-state index is -0.951. The summed E-state index contributed by atoms with van der Waals surface area (Å²) in [5.74, 6) is -0.398. The molecule has 0 heterocycles. The van der Waals surface area contributed by atoms with Crippen molar-refractivity contribution in [2.24, 2.45) is 0 Å². The van der Waals surface area contributed by atoms with Crippen LogP contribution in [0.1, 0.15) is 95.8 Å². The van der Waals surface area contributed by atoms with Crippen LogP contribution in [0.25, 0.3) is 18.2 Å². The molecule has 4 aromatic carbocycles. The van der Waals surface area contributed by atoms with Gasteiger partial charge in [-0.1, -0.05) is 105 Å². The maximum Gasteiger partial charge on any atom is 0.331 e. The van der Waals surface area contributed by atoms with Gasteiger partial charge in [0.15, 0.2) is 0 Å². The first-order chi connectivity index (χ1) is 24.1. The minimum Gasteiger partial charge on any atom is -0.493 e. The number of carboxylic acid groups (broad SMARTS) is 1. The van der Waals surface area contributed by atoms with Crippen LogP contribution in [0.5, 0.6) is 5.75 Å². The molecule has 6 nitrogen and oxygen atoms in total. The summed E-state index contributed by atoms with van der Waals surface area (Å²) in [6.45, 7) is 7.83. The van der Waals surface area contributed by atoms with E-state index in [1.54, 1.807) is 13.0 Å². The van der Waals surface area contributed by atoms with Crippen LogP contribution in [0.4, 0.5) is 17.1 Å². The van der Waals surface area contributed by atoms with E-state index in [0.717, 1.165) is 78.7 Å². The lowest BCUT2D eigenvalue weighted by molar-refractivity contribution is -0.155. The number of para-hydroxylation sites is 2. The molecule has 0 fully saturated rings. The Kier molecular flexibility index (Phi) is 14.5. The number of ether oxygens (including phenoxy) is 2. The quantitative estimate of drug-likeness (QED) is 0.0490. The number of nitrogens with zero attached hydrogens (tertiary/aromatic N) is 1. The van der Waals surface area contributed by atoms with Gasteiger partial charge in [-0.05, 0) is 100 Å². The van der Waals surface area contributed by atoms with Crippen molar-refractivity contribution in [3.63, 3.8) is 0 Å². The highest BCUT2D eigenvalue weighted by atomic mass is 16.6. The molecule has 0 aliphatic heterocycles. The summed E-state index contributed by atoms with van der Waals surface area (Å²) in [5.41, 5.74) is 5.86. The largest absolute Gasteiger partial charge is 0.493 e. The third-order valence-electron chi connectivity index (χ3n) is 8.10. The van der Waals surface area contributed by atoms with Crippen molar-refractivity contribution < 1.29 is 24.2 Å². The Bertz CT molecular complexity index is 1660. The summed E-state index contributed by atoms with van der Waals surface area (Å²) >= 11 is 0. The molecule has 0 spiro atoms. The number of aliphatic carboxylic acids is 1. The summed E-state index contributed by atoms with van der Waals surface area (Å²) in [5, 5.41) is 9.46. The van der Waals surface area contributed by atoms with E-state index in [1.165, 1.54) is 0 Å². The van der Waals surface area contributed by atoms with Crippen LogP contribution >= 0.6 is 0 Å². The molecular formula is C44H51NO5. The van der Waals surface area contributed by atoms with Gasteiger partial charge in [0.25, 0.3) is 0 Å². The topological polar surface area (TPSA) is 76.1 Å². The van der Waals surface area contributed by atoms with Gasteiger partial charge in [-0.3, -0.25) is 4.79 Å². The molecule has 0 saturated carbocycles. The van der Waals surface area contributed by atoms with Crippen LogP contribution in [0.15, 0.2) is 109 Å². The van der Waals surface area contributed by atoms with Crippen molar-refractivity contribution in [2.45, 2.75) is 84.7 Å². The number of esters is 1. The molecule has 50 heavy (non-hydrogen) atoms. The van der Waals surface area contributed by atoms with Crippen LogP contribution in [0.3, 0.4) is 0 Å². The lowest BCUT2D eigenvalue weighted by Crippen LogP contribution is -2.23. The van der Waals surface area contributed by atoms with Gasteiger partial charge in [-0.25, -0.2) is 4.79 Å². The SMILES string of the molecule is C/C(=C/c1ccc(/C=C/c2ccc(N(c3ccccc3)c3ccccc3)cc2)cc1OCCCCCCCCCC(=O)OC(C)(C)C)C(=O)O. The normalized spacial score (nSPS) is 11.8. The molecule has 0 atom stereocenters. The monoisotopic (exact) mass is 673 g/mol. The Balaban J connectivity index is 1.33. The highest BCUT2D eigenvalue weighted by molar-refractivity contribution is 5.92. The van der Waals surface area contributed by atoms with Crippen LogP contribution in [0.2, 0.25) is 0 Å². The standard InChI is InChI=1S/C44H51NO5/c1-34(43(47)48)32-37-28-25-36(33-41(37)49-31-17-9-7-5-6-8-16-22-42(46)50-44(2,3)4)24-23-35-26-29-40(30-27-35)45(38-18-12-10-13-19-38)39-20-14-11-15-21-39/h10-15,18-21,23-30,32-33H,5-9,16-17,22,31H2,1-4H3,(H,47,48)/b24-23+,34-32-. The molecule has 0 aliphatic rings. The molecular weight excluding hydrogens is 622 g/mol. The lowest BCUT2D eigenvalue weighted by atomic mass is 10.1. The van der Waals surface area contributed by atoms with Crippen molar-refractivity contribution in [1.29, 1.82) is 0 Å². The van der Waals surface area contributed by atoms with Crippen molar-refractivity contribution in [1.82, 2.24) is 0 Å². The second-order valence-electron chi connectivity index (χ2n) is 13.5. The van der Waals surface area contributed by atoms with Crippen molar-refractivity contribution in [3.05, 3.63) is 125 Å². The number of hydrogen-bond acceptors (Lipinski definition) is 5. The average Bonchev–Trinajstić information content (AvgIpc) is 3.09. The fourth-order valence-electron chi connectivity index (χ4n) is 5.55. The number of unbranched alkanes of at least 4 members (excludes halogenated alkanes) is 6. The molecule has 4 rings (SSSR count). The van der Waals surface area contributed by atoms with E-state index in [9.17, 15) is 14.7 Å². The maximum atomic E-state index is 11.9. The second-order valence-corrected chi connectivity index (χ2v) is 13.5. The third kappa shape index (κ3) is 12.7. The van der Waals surface area contributed by atoms with E-state index in [1.807, 2.05) is 81.4 Å². The van der Waals surface area contributed by atoms with E-state index in [2.05, 4.69) is 59.5 Å². The zero-order chi connectivity index (χ0) is 35.8. The van der Waals surface area contributed by atoms with Gasteiger partial charge < -0.3 is 19.5 Å². The molecule has 262 valence electrons. The van der Waals surface area contributed by atoms with Crippen LogP contribution in [-0.2, 0) is 14.3 Å². The molecule has 0 radical (unpaired) electrons. The average molecular weight is 674 g/mol. The van der Waals surface area contributed by atoms with Crippen LogP contribution in [-0.4, -0.2) is 29.3 Å². The highest BCUT2D eigenvalue weighted by Gasteiger charge is 2.15. The molecule has 0 bridgehead atoms. The van der Waals surface area contributed by atoms with E-state index >= 15 is 0 Å². The van der Waals surface area contributed by atoms with Gasteiger partial charge >= 0.3 is 11.9 Å². The number of carbonyl (C=O) groups excluding carboxylic acids is 1. The van der Waals surface area contributed by atoms with Gasteiger partial charge in [0.1, 0.15) is 11.4 Å². The Labute approximate surface area is 298 Å². The first-order valence-corrected chi connectivity index (χ1v) is 17.7. The maximum absolute atomic E-state index is 11.9. The molecule has 0 saturated heterocycles. The number of rotatable bonds is 18. The molecule has 0 aliphatic carbocycles. The lowest BCUT2D eigenvalue weighted by Gasteiger charge is -2.25. The molecule has 6 heteroatoms. The number of carboxylic acids is 1. The van der Waals surface area contributed by atoms with Crippen LogP contribution < -0.4 is 9.64 Å². The Morgan fingerprint density at radius 2 is 1.20 bits per heavy atom. The highest BCUT2D eigenvalue weighted by Crippen LogP contribution is 2.34. The number of hydrogen-bond donors (Lipinski definition) is 1. The molecule has 0 unspecified atom stereocenters. The van der Waals surface area contributed by atoms with E-state index in [0.29, 0.717) is 18.8 Å². The number of benzene rings is 4. The van der Waals surface area contributed by atoms with E-state index < -0.39 is 11.6 Å². The molecule has 0 aromatic heterocycles. The fraction of sp³-hybridized carbons (Fsp3) is 0.318. The Morgan fingerprint density at radius 1 is 0.680 bits per heavy atom. The van der Waals surface area contributed by atoms with Gasteiger partial charge in [0.05, 0.1) is 6.61 Å². The van der Waals surface area contributed by atoms with Gasteiger partial charge in [-0.15, -0.1) is 0 Å². The van der Waals surface area contributed by atoms with Gasteiger partial charge in [0.2, 0.25) is 0 Å². The van der Waals surface area contributed by atoms with Gasteiger partial charge in [-0.2, -0.15) is 0 Å². The zero-order valence-corrected chi connectivity index (χ0v) is 29.9. The number of anilines is 3. The second kappa shape index (κ2) is 19.2. The van der Waals surface area contributed by atoms with E-state index in [4.69, 9.17) is 9.47 Å². The smallest absolute Gasteiger partial charge is 0.331 e. The summed E-state index contributed by atoms with van der Waals surface area (Å²) in [6, 6.07) is 35.0. The summed E-state index contributed by atoms with van der Waals surface area (Å²) < 4.78 is 11.6. The molecule has 1 N–H and O–H groups in total. The molecule has 4 aromatic rings. The fourth-order valence-corrected chi connectivity index (χ4v) is 5.55. The Hall–Kier alpha value is -5.10. The van der Waals surface area contributed by atoms with E-state index in [-0.39, 0.29) is 11.5 Å². The van der Waals surface area contributed by atoms with Crippen molar-refractivity contribution in [3.8, 4) is 5.75 Å². The minimum absolute atomic E-state index is 0.120. The summed E-state index contributed by atoms with van der Waals surface area (Å²) in [6.07, 6.45) is 13.4. The predicted molar refractivity (Wildman–Crippen MR) is 206 cm³/mol. The number of carbonyl (C=O) groups is 2. The zero-order valence-electron chi connectivity index (χ0n) is 29.9. The van der Waals surface area contributed by atoms with Gasteiger partial charge in [0, 0.05) is 34.6 Å². The first-order valence-electron chi connectivity index (χ1n) is 17.7. The predicted octanol–water partition coefficient (Wildman–Crippen LogP) is 11.7. The summed E-state index contributed by atoms with van der Waals surface area (Å²) in [4.78, 5) is 25.6. The van der Waals surface area contributed by atoms with Crippen molar-refractivity contribution in [2.75, 3.05) is 11.5 Å². The van der Waals surface area contributed by atoms with Crippen LogP contribution in [0, 0.1) is 0 Å². The van der Waals surface area contributed by atoms with Crippen molar-refractivity contribution >= 4 is 47.2 Å².